The van der Waals surface area contributed by atoms with Gasteiger partial charge in [-0.1, -0.05) is 103 Å². The molecular weight excluding hydrogens is 513 g/mol. The lowest BCUT2D eigenvalue weighted by molar-refractivity contribution is 0.588. The predicted octanol–water partition coefficient (Wildman–Crippen LogP) is 10.5. The van der Waals surface area contributed by atoms with Crippen molar-refractivity contribution < 1.29 is 0 Å². The first kappa shape index (κ1) is 28.3. The van der Waals surface area contributed by atoms with Crippen molar-refractivity contribution in [3.8, 4) is 20.9 Å². The molecule has 0 fully saturated rings. The molecule has 3 aromatic heterocycles. The van der Waals surface area contributed by atoms with Crippen molar-refractivity contribution in [1.29, 1.82) is 0 Å². The molecule has 4 aromatic rings. The van der Waals surface area contributed by atoms with E-state index in [1.54, 1.807) is 22.7 Å². The molecule has 0 aliphatic heterocycles. The third-order valence-electron chi connectivity index (χ3n) is 7.22. The molecular formula is C30H42N4S3. The second kappa shape index (κ2) is 15.6. The van der Waals surface area contributed by atoms with Crippen molar-refractivity contribution >= 4 is 45.4 Å². The van der Waals surface area contributed by atoms with Gasteiger partial charge in [-0.15, -0.1) is 22.7 Å². The highest BCUT2D eigenvalue weighted by molar-refractivity contribution is 7.14. The summed E-state index contributed by atoms with van der Waals surface area (Å²) >= 11 is 4.80. The monoisotopic (exact) mass is 554 g/mol. The zero-order valence-corrected chi connectivity index (χ0v) is 25.1. The molecule has 37 heavy (non-hydrogen) atoms. The molecule has 1 aromatic carbocycles. The number of hydrogen-bond acceptors (Lipinski definition) is 7. The number of aryl methyl sites for hydroxylation is 2. The number of thiazole rings is 2. The highest BCUT2D eigenvalue weighted by Crippen LogP contribution is 2.40. The Hall–Kier alpha value is -1.70. The summed E-state index contributed by atoms with van der Waals surface area (Å²) in [5.74, 6) is 0. The molecule has 0 radical (unpaired) electrons. The summed E-state index contributed by atoms with van der Waals surface area (Å²) in [6.45, 7) is 4.55. The van der Waals surface area contributed by atoms with Crippen molar-refractivity contribution in [3.05, 3.63) is 34.5 Å². The van der Waals surface area contributed by atoms with Crippen molar-refractivity contribution in [1.82, 2.24) is 18.7 Å². The fourth-order valence-electron chi connectivity index (χ4n) is 5.06. The molecule has 0 unspecified atom stereocenters. The van der Waals surface area contributed by atoms with E-state index < -0.39 is 0 Å². The number of nitrogens with zero attached hydrogens (tertiary/aromatic N) is 4. The Morgan fingerprint density at radius 1 is 0.541 bits per heavy atom. The lowest BCUT2D eigenvalue weighted by Crippen LogP contribution is -1.92. The number of aromatic nitrogens is 4. The molecule has 0 bridgehead atoms. The van der Waals surface area contributed by atoms with Gasteiger partial charge in [0.1, 0.15) is 11.0 Å². The molecule has 0 spiro atoms. The molecule has 3 heterocycles. The van der Waals surface area contributed by atoms with Gasteiger partial charge in [0.05, 0.1) is 43.9 Å². The molecule has 4 nitrogen and oxygen atoms in total. The summed E-state index contributed by atoms with van der Waals surface area (Å²) < 4.78 is 9.52. The maximum absolute atomic E-state index is 4.76. The number of rotatable bonds is 18. The van der Waals surface area contributed by atoms with Gasteiger partial charge >= 0.3 is 0 Å². The Kier molecular flexibility index (Phi) is 12.0. The maximum Gasteiger partial charge on any atom is 0.114 e. The molecule has 0 N–H and O–H groups in total. The Bertz CT molecular complexity index is 1100. The van der Waals surface area contributed by atoms with Crippen LogP contribution >= 0.6 is 34.4 Å². The molecule has 0 amide bonds. The van der Waals surface area contributed by atoms with Gasteiger partial charge < -0.3 is 0 Å². The smallest absolute Gasteiger partial charge is 0.114 e. The Labute approximate surface area is 235 Å². The third-order valence-corrected chi connectivity index (χ3v) is 9.55. The molecule has 0 atom stereocenters. The minimum atomic E-state index is 1.02. The SMILES string of the molecule is CCCCCCCCCc1ncsc1-c1ccc(-c2scnc2CCCCCCCCC)c2nsnc12. The van der Waals surface area contributed by atoms with E-state index in [0.29, 0.717) is 0 Å². The van der Waals surface area contributed by atoms with Crippen LogP contribution in [0.5, 0.6) is 0 Å². The zero-order chi connectivity index (χ0) is 25.7. The minimum Gasteiger partial charge on any atom is -0.249 e. The van der Waals surface area contributed by atoms with Crippen LogP contribution in [0.2, 0.25) is 0 Å². The fourth-order valence-corrected chi connectivity index (χ4v) is 7.37. The lowest BCUT2D eigenvalue weighted by atomic mass is 10.0. The van der Waals surface area contributed by atoms with Gasteiger partial charge in [-0.2, -0.15) is 8.75 Å². The first-order valence-corrected chi connectivity index (χ1v) is 16.9. The van der Waals surface area contributed by atoms with Crippen LogP contribution in [0.25, 0.3) is 31.9 Å². The summed E-state index contributed by atoms with van der Waals surface area (Å²) in [5, 5.41) is 0. The van der Waals surface area contributed by atoms with Crippen LogP contribution < -0.4 is 0 Å². The van der Waals surface area contributed by atoms with Gasteiger partial charge in [0.15, 0.2) is 0 Å². The number of hydrogen-bond donors (Lipinski definition) is 0. The van der Waals surface area contributed by atoms with Gasteiger partial charge in [-0.05, 0) is 25.7 Å². The van der Waals surface area contributed by atoms with Crippen LogP contribution in [0.4, 0.5) is 0 Å². The molecule has 0 saturated heterocycles. The number of benzene rings is 1. The summed E-state index contributed by atoms with van der Waals surface area (Å²) in [6, 6.07) is 4.50. The third kappa shape index (κ3) is 7.90. The van der Waals surface area contributed by atoms with Crippen molar-refractivity contribution in [2.75, 3.05) is 0 Å². The Morgan fingerprint density at radius 2 is 0.946 bits per heavy atom. The topological polar surface area (TPSA) is 51.6 Å². The van der Waals surface area contributed by atoms with E-state index in [1.165, 1.54) is 134 Å². The van der Waals surface area contributed by atoms with Crippen LogP contribution in [0.3, 0.4) is 0 Å². The van der Waals surface area contributed by atoms with E-state index >= 15 is 0 Å². The van der Waals surface area contributed by atoms with Gasteiger partial charge in [0.2, 0.25) is 0 Å². The van der Waals surface area contributed by atoms with Crippen LogP contribution in [0.15, 0.2) is 23.2 Å². The van der Waals surface area contributed by atoms with E-state index in [-0.39, 0.29) is 0 Å². The average Bonchev–Trinajstić information content (AvgIpc) is 3.68. The van der Waals surface area contributed by atoms with Gasteiger partial charge in [-0.3, -0.25) is 0 Å². The maximum atomic E-state index is 4.76. The first-order chi connectivity index (χ1) is 18.3. The first-order valence-electron chi connectivity index (χ1n) is 14.4. The molecule has 4 rings (SSSR count). The van der Waals surface area contributed by atoms with E-state index in [9.17, 15) is 0 Å². The van der Waals surface area contributed by atoms with Crippen LogP contribution in [-0.2, 0) is 12.8 Å². The van der Waals surface area contributed by atoms with Crippen molar-refractivity contribution in [2.24, 2.45) is 0 Å². The van der Waals surface area contributed by atoms with E-state index in [4.69, 9.17) is 18.7 Å². The number of unbranched alkanes of at least 4 members (excludes halogenated alkanes) is 12. The summed E-state index contributed by atoms with van der Waals surface area (Å²) in [6.07, 6.45) is 20.6. The molecule has 7 heteroatoms. The van der Waals surface area contributed by atoms with Crippen molar-refractivity contribution in [2.45, 2.75) is 117 Å². The van der Waals surface area contributed by atoms with Crippen LogP contribution in [-0.4, -0.2) is 18.7 Å². The largest absolute Gasteiger partial charge is 0.249 e. The zero-order valence-electron chi connectivity index (χ0n) is 22.6. The quantitative estimate of drug-likeness (QED) is 0.115. The summed E-state index contributed by atoms with van der Waals surface area (Å²) in [4.78, 5) is 12.0. The molecule has 0 aliphatic carbocycles. The summed E-state index contributed by atoms with van der Waals surface area (Å²) in [7, 11) is 0. The van der Waals surface area contributed by atoms with Gasteiger partial charge in [0.25, 0.3) is 0 Å². The fraction of sp³-hybridized carbons (Fsp3) is 0.600. The molecule has 0 aliphatic rings. The summed E-state index contributed by atoms with van der Waals surface area (Å²) in [5.41, 5.74) is 10.8. The second-order valence-electron chi connectivity index (χ2n) is 10.1. The molecule has 200 valence electrons. The predicted molar refractivity (Wildman–Crippen MR) is 163 cm³/mol. The van der Waals surface area contributed by atoms with Crippen LogP contribution in [0, 0.1) is 0 Å². The minimum absolute atomic E-state index is 1.02. The van der Waals surface area contributed by atoms with Crippen molar-refractivity contribution in [3.63, 3.8) is 0 Å². The average molecular weight is 555 g/mol. The van der Waals surface area contributed by atoms with E-state index in [2.05, 4.69) is 26.0 Å². The highest BCUT2D eigenvalue weighted by Gasteiger charge is 2.19. The normalized spacial score (nSPS) is 11.6. The Morgan fingerprint density at radius 3 is 1.38 bits per heavy atom. The van der Waals surface area contributed by atoms with Gasteiger partial charge in [-0.25, -0.2) is 9.97 Å². The molecule has 0 saturated carbocycles. The van der Waals surface area contributed by atoms with Crippen LogP contribution in [0.1, 0.15) is 115 Å². The standard InChI is InChI=1S/C30H42N4S3/c1-3-5-7-9-11-13-15-17-25-29(35-21-31-25)23-19-20-24(28-27(23)33-37-34-28)30-26(32-22-36-30)18-16-14-12-10-8-6-4-2/h19-22H,3-18H2,1-2H3. The second-order valence-corrected chi connectivity index (χ2v) is 12.4. The van der Waals surface area contributed by atoms with E-state index in [0.717, 1.165) is 23.9 Å². The van der Waals surface area contributed by atoms with E-state index in [1.807, 2.05) is 11.0 Å². The van der Waals surface area contributed by atoms with Gasteiger partial charge in [0, 0.05) is 11.1 Å². The number of fused-ring (bicyclic) bond motifs is 1. The highest BCUT2D eigenvalue weighted by atomic mass is 32.1. The lowest BCUT2D eigenvalue weighted by Gasteiger charge is -2.08. The Balaban J connectivity index is 1.41.